The Labute approximate surface area is 116 Å². The van der Waals surface area contributed by atoms with E-state index in [4.69, 9.17) is 0 Å². The molecule has 1 aromatic heterocycles. The molecule has 2 heterocycles. The van der Waals surface area contributed by atoms with Crippen molar-refractivity contribution >= 4 is 0 Å². The lowest BCUT2D eigenvalue weighted by molar-refractivity contribution is 0.0562. The van der Waals surface area contributed by atoms with Gasteiger partial charge in [-0.1, -0.05) is 18.9 Å². The maximum absolute atomic E-state index is 4.27. The van der Waals surface area contributed by atoms with Crippen LogP contribution in [0.5, 0.6) is 0 Å². The van der Waals surface area contributed by atoms with Crippen molar-refractivity contribution < 1.29 is 0 Å². The van der Waals surface area contributed by atoms with E-state index in [2.05, 4.69) is 35.1 Å². The minimum atomic E-state index is 0.392. The highest BCUT2D eigenvalue weighted by Crippen LogP contribution is 2.36. The molecule has 104 valence electrons. The summed E-state index contributed by atoms with van der Waals surface area (Å²) in [6.45, 7) is 6.96. The van der Waals surface area contributed by atoms with Crippen LogP contribution >= 0.6 is 0 Å². The van der Waals surface area contributed by atoms with Crippen LogP contribution in [0.1, 0.15) is 51.1 Å². The summed E-state index contributed by atoms with van der Waals surface area (Å²) in [5, 5.41) is 3.82. The van der Waals surface area contributed by atoms with Gasteiger partial charge in [-0.05, 0) is 38.3 Å². The van der Waals surface area contributed by atoms with Crippen molar-refractivity contribution in [1.82, 2.24) is 15.2 Å². The van der Waals surface area contributed by atoms with Crippen LogP contribution in [-0.2, 0) is 0 Å². The lowest BCUT2D eigenvalue weighted by Crippen LogP contribution is -2.62. The van der Waals surface area contributed by atoms with E-state index in [0.29, 0.717) is 17.6 Å². The first-order valence-electron chi connectivity index (χ1n) is 7.61. The zero-order chi connectivity index (χ0) is 13.3. The Hall–Kier alpha value is -0.930. The van der Waals surface area contributed by atoms with E-state index >= 15 is 0 Å². The van der Waals surface area contributed by atoms with Gasteiger partial charge in [0.1, 0.15) is 0 Å². The third-order valence-electron chi connectivity index (χ3n) is 5.05. The predicted molar refractivity (Wildman–Crippen MR) is 78.0 cm³/mol. The highest BCUT2D eigenvalue weighted by atomic mass is 15.3. The van der Waals surface area contributed by atoms with Gasteiger partial charge in [-0.3, -0.25) is 9.88 Å². The average Bonchev–Trinajstić information content (AvgIpc) is 2.90. The second-order valence-electron chi connectivity index (χ2n) is 6.35. The summed E-state index contributed by atoms with van der Waals surface area (Å²) in [6.07, 6.45) is 9.33. The quantitative estimate of drug-likeness (QED) is 0.885. The fourth-order valence-electron chi connectivity index (χ4n) is 3.76. The number of rotatable bonds is 2. The van der Waals surface area contributed by atoms with Crippen LogP contribution in [0.4, 0.5) is 0 Å². The molecule has 1 spiro atoms. The van der Waals surface area contributed by atoms with Crippen LogP contribution in [0.25, 0.3) is 0 Å². The molecule has 3 nitrogen and oxygen atoms in total. The molecule has 0 amide bonds. The number of hydrogen-bond donors (Lipinski definition) is 1. The topological polar surface area (TPSA) is 28.2 Å². The number of hydrogen-bond acceptors (Lipinski definition) is 3. The van der Waals surface area contributed by atoms with E-state index < -0.39 is 0 Å². The molecular weight excluding hydrogens is 234 g/mol. The van der Waals surface area contributed by atoms with Gasteiger partial charge in [0.25, 0.3) is 0 Å². The molecule has 1 aromatic rings. The summed E-state index contributed by atoms with van der Waals surface area (Å²) in [5.41, 5.74) is 1.73. The summed E-state index contributed by atoms with van der Waals surface area (Å²) >= 11 is 0. The molecule has 0 aromatic carbocycles. The second kappa shape index (κ2) is 5.22. The van der Waals surface area contributed by atoms with Gasteiger partial charge in [-0.15, -0.1) is 0 Å². The van der Waals surface area contributed by atoms with Gasteiger partial charge in [-0.25, -0.2) is 0 Å². The van der Waals surface area contributed by atoms with Gasteiger partial charge in [0.2, 0.25) is 0 Å². The molecular formula is C16H25N3. The van der Waals surface area contributed by atoms with Crippen molar-refractivity contribution in [2.75, 3.05) is 13.1 Å². The Morgan fingerprint density at radius 1 is 1.42 bits per heavy atom. The average molecular weight is 259 g/mol. The van der Waals surface area contributed by atoms with Crippen molar-refractivity contribution in [3.05, 3.63) is 30.1 Å². The minimum absolute atomic E-state index is 0.392. The fraction of sp³-hybridized carbons (Fsp3) is 0.688. The first-order valence-corrected chi connectivity index (χ1v) is 7.61. The summed E-state index contributed by atoms with van der Waals surface area (Å²) < 4.78 is 0. The standard InChI is InChI=1S/C16H25N3/c1-13-10-18-16(7-3-4-8-16)12-19(13)14(2)15-6-5-9-17-11-15/h5-6,9,11,13-14,18H,3-4,7-8,10,12H2,1-2H3. The van der Waals surface area contributed by atoms with Gasteiger partial charge < -0.3 is 5.32 Å². The number of pyridine rings is 1. The molecule has 2 unspecified atom stereocenters. The molecule has 19 heavy (non-hydrogen) atoms. The molecule has 1 saturated heterocycles. The number of aromatic nitrogens is 1. The molecule has 1 aliphatic carbocycles. The van der Waals surface area contributed by atoms with E-state index in [0.717, 1.165) is 6.54 Å². The van der Waals surface area contributed by atoms with E-state index in [-0.39, 0.29) is 0 Å². The van der Waals surface area contributed by atoms with Crippen LogP contribution in [0.3, 0.4) is 0 Å². The Balaban J connectivity index is 1.78. The molecule has 2 fully saturated rings. The zero-order valence-electron chi connectivity index (χ0n) is 12.1. The van der Waals surface area contributed by atoms with Crippen LogP contribution in [0.2, 0.25) is 0 Å². The van der Waals surface area contributed by atoms with E-state index in [1.165, 1.54) is 37.8 Å². The molecule has 0 bridgehead atoms. The number of piperazine rings is 1. The number of nitrogens with one attached hydrogen (secondary N) is 1. The van der Waals surface area contributed by atoms with Gasteiger partial charge in [0, 0.05) is 43.1 Å². The molecule has 1 N–H and O–H groups in total. The van der Waals surface area contributed by atoms with Crippen LogP contribution in [0, 0.1) is 0 Å². The van der Waals surface area contributed by atoms with Crippen LogP contribution < -0.4 is 5.32 Å². The van der Waals surface area contributed by atoms with E-state index in [9.17, 15) is 0 Å². The zero-order valence-corrected chi connectivity index (χ0v) is 12.1. The highest BCUT2D eigenvalue weighted by molar-refractivity contribution is 5.15. The first kappa shape index (κ1) is 13.1. The monoisotopic (exact) mass is 259 g/mol. The Morgan fingerprint density at radius 3 is 2.89 bits per heavy atom. The van der Waals surface area contributed by atoms with Crippen molar-refractivity contribution in [3.63, 3.8) is 0 Å². The van der Waals surface area contributed by atoms with Crippen molar-refractivity contribution in [3.8, 4) is 0 Å². The van der Waals surface area contributed by atoms with Crippen molar-refractivity contribution in [2.24, 2.45) is 0 Å². The maximum Gasteiger partial charge on any atom is 0.0339 e. The van der Waals surface area contributed by atoms with Gasteiger partial charge >= 0.3 is 0 Å². The van der Waals surface area contributed by atoms with Gasteiger partial charge in [-0.2, -0.15) is 0 Å². The van der Waals surface area contributed by atoms with Gasteiger partial charge in [0.05, 0.1) is 0 Å². The molecule has 3 rings (SSSR count). The van der Waals surface area contributed by atoms with Crippen molar-refractivity contribution in [2.45, 2.75) is 57.2 Å². The van der Waals surface area contributed by atoms with Gasteiger partial charge in [0.15, 0.2) is 0 Å². The summed E-state index contributed by atoms with van der Waals surface area (Å²) in [4.78, 5) is 6.94. The maximum atomic E-state index is 4.27. The lowest BCUT2D eigenvalue weighted by atomic mass is 9.91. The van der Waals surface area contributed by atoms with Crippen LogP contribution in [-0.4, -0.2) is 34.6 Å². The second-order valence-corrected chi connectivity index (χ2v) is 6.35. The Morgan fingerprint density at radius 2 is 2.21 bits per heavy atom. The van der Waals surface area contributed by atoms with E-state index in [1.807, 2.05) is 18.5 Å². The minimum Gasteiger partial charge on any atom is -0.308 e. The molecule has 1 aliphatic heterocycles. The Bertz CT molecular complexity index is 411. The van der Waals surface area contributed by atoms with E-state index in [1.54, 1.807) is 0 Å². The third kappa shape index (κ3) is 2.54. The normalized spacial score (nSPS) is 28.6. The summed E-state index contributed by atoms with van der Waals surface area (Å²) in [5.74, 6) is 0. The summed E-state index contributed by atoms with van der Waals surface area (Å²) in [6, 6.07) is 5.31. The Kier molecular flexibility index (Phi) is 3.59. The molecule has 1 saturated carbocycles. The molecule has 2 aliphatic rings. The lowest BCUT2D eigenvalue weighted by Gasteiger charge is -2.48. The van der Waals surface area contributed by atoms with Crippen molar-refractivity contribution in [1.29, 1.82) is 0 Å². The summed E-state index contributed by atoms with van der Waals surface area (Å²) in [7, 11) is 0. The number of nitrogens with zero attached hydrogens (tertiary/aromatic N) is 2. The fourth-order valence-corrected chi connectivity index (χ4v) is 3.76. The largest absolute Gasteiger partial charge is 0.308 e. The highest BCUT2D eigenvalue weighted by Gasteiger charge is 2.41. The molecule has 3 heteroatoms. The molecule has 0 radical (unpaired) electrons. The SMILES string of the molecule is CC1CNC2(CCCC2)CN1C(C)c1cccnc1. The first-order chi connectivity index (χ1) is 9.20. The smallest absolute Gasteiger partial charge is 0.0339 e. The third-order valence-corrected chi connectivity index (χ3v) is 5.05. The predicted octanol–water partition coefficient (Wildman–Crippen LogP) is 2.75. The molecule has 2 atom stereocenters. The van der Waals surface area contributed by atoms with Crippen LogP contribution in [0.15, 0.2) is 24.5 Å².